The second kappa shape index (κ2) is 12.2. The van der Waals surface area contributed by atoms with Gasteiger partial charge in [-0.3, -0.25) is 9.59 Å². The van der Waals surface area contributed by atoms with E-state index in [0.717, 1.165) is 28.6 Å². The molecule has 0 saturated carbocycles. The van der Waals surface area contributed by atoms with E-state index in [1.807, 2.05) is 35.0 Å². The van der Waals surface area contributed by atoms with Crippen LogP contribution in [-0.2, 0) is 23.3 Å². The Kier molecular flexibility index (Phi) is 9.00. The molecule has 3 N–H and O–H groups in total. The van der Waals surface area contributed by atoms with Crippen molar-refractivity contribution in [3.8, 4) is 0 Å². The number of halogens is 3. The Balaban J connectivity index is 0.00000353. The minimum Gasteiger partial charge on any atom is -0.367 e. The van der Waals surface area contributed by atoms with E-state index in [4.69, 9.17) is 23.2 Å². The number of nitrogens with one attached hydrogen (secondary N) is 3. The number of anilines is 2. The van der Waals surface area contributed by atoms with Gasteiger partial charge in [0.2, 0.25) is 0 Å². The molecule has 0 radical (unpaired) electrons. The van der Waals surface area contributed by atoms with Crippen molar-refractivity contribution < 1.29 is 9.59 Å². The molecular weight excluding hydrogens is 601 g/mol. The lowest BCUT2D eigenvalue weighted by atomic mass is 9.84. The molecule has 4 aromatic rings. The molecule has 1 aliphatic heterocycles. The Morgan fingerprint density at radius 2 is 1.90 bits per heavy atom. The smallest absolute Gasteiger partial charge is 0.255 e. The van der Waals surface area contributed by atoms with E-state index in [9.17, 15) is 9.59 Å². The molecule has 0 spiro atoms. The summed E-state index contributed by atoms with van der Waals surface area (Å²) in [7, 11) is 0. The average Bonchev–Trinajstić information content (AvgIpc) is 3.48. The molecule has 0 saturated heterocycles. The first-order valence-corrected chi connectivity index (χ1v) is 13.6. The summed E-state index contributed by atoms with van der Waals surface area (Å²) in [6.45, 7) is 1.23. The second-order valence-electron chi connectivity index (χ2n) is 9.08. The molecule has 2 heterocycles. The standard InChI is InChI=1S/C28H24BrCl2N5O2.CH4/c29-19-5-7-22(26(37)33-9-2-11-36-12-10-32-17-36)24(14-19)35-28(16-18-3-1-4-20(30)13-18)23-8-6-21(31)15-25(23)34-27(28)38;/h1,3-8,10,12-15,17,35H,2,9,11,16H2,(H,33,37)(H,34,38);1H4. The van der Waals surface area contributed by atoms with E-state index in [2.05, 4.69) is 36.9 Å². The van der Waals surface area contributed by atoms with Crippen LogP contribution in [0.1, 0.15) is 35.3 Å². The number of nitrogens with zero attached hydrogens (tertiary/aromatic N) is 2. The lowest BCUT2D eigenvalue weighted by Gasteiger charge is -2.31. The van der Waals surface area contributed by atoms with Crippen molar-refractivity contribution in [3.63, 3.8) is 0 Å². The maximum atomic E-state index is 13.7. The summed E-state index contributed by atoms with van der Waals surface area (Å²) in [6, 6.07) is 18.1. The Hall–Kier alpha value is -3.33. The number of fused-ring (bicyclic) bond motifs is 1. The molecule has 1 unspecified atom stereocenters. The Bertz CT molecular complexity index is 1500. The van der Waals surface area contributed by atoms with Crippen LogP contribution < -0.4 is 16.0 Å². The molecule has 1 aromatic heterocycles. The van der Waals surface area contributed by atoms with Crippen LogP contribution in [0.5, 0.6) is 0 Å². The highest BCUT2D eigenvalue weighted by atomic mass is 79.9. The normalized spacial score (nSPS) is 15.7. The Morgan fingerprint density at radius 3 is 2.67 bits per heavy atom. The molecule has 7 nitrogen and oxygen atoms in total. The third-order valence-corrected chi connectivity index (χ3v) is 7.41. The highest BCUT2D eigenvalue weighted by Gasteiger charge is 2.47. The molecular formula is C29H28BrCl2N5O2. The maximum absolute atomic E-state index is 13.7. The van der Waals surface area contributed by atoms with Crippen LogP contribution in [0.25, 0.3) is 0 Å². The van der Waals surface area contributed by atoms with E-state index >= 15 is 0 Å². The molecule has 1 aliphatic rings. The van der Waals surface area contributed by atoms with Crippen molar-refractivity contribution in [1.29, 1.82) is 0 Å². The van der Waals surface area contributed by atoms with Crippen LogP contribution in [-0.4, -0.2) is 27.9 Å². The molecule has 10 heteroatoms. The molecule has 0 fully saturated rings. The van der Waals surface area contributed by atoms with Gasteiger partial charge in [-0.15, -0.1) is 0 Å². The topological polar surface area (TPSA) is 88.1 Å². The van der Waals surface area contributed by atoms with Gasteiger partial charge >= 0.3 is 0 Å². The van der Waals surface area contributed by atoms with E-state index < -0.39 is 5.54 Å². The zero-order chi connectivity index (χ0) is 26.7. The van der Waals surface area contributed by atoms with Crippen LogP contribution in [0.3, 0.4) is 0 Å². The van der Waals surface area contributed by atoms with Gasteiger partial charge in [0.25, 0.3) is 11.8 Å². The van der Waals surface area contributed by atoms with Crippen LogP contribution >= 0.6 is 39.1 Å². The third-order valence-electron chi connectivity index (χ3n) is 6.45. The lowest BCUT2D eigenvalue weighted by molar-refractivity contribution is -0.119. The first-order valence-electron chi connectivity index (χ1n) is 12.0. The number of amides is 2. The highest BCUT2D eigenvalue weighted by Crippen LogP contribution is 2.43. The van der Waals surface area contributed by atoms with Gasteiger partial charge in [-0.25, -0.2) is 4.98 Å². The van der Waals surface area contributed by atoms with Crippen molar-refractivity contribution >= 4 is 62.3 Å². The summed E-state index contributed by atoms with van der Waals surface area (Å²) < 4.78 is 2.73. The van der Waals surface area contributed by atoms with Gasteiger partial charge in [0.15, 0.2) is 0 Å². The van der Waals surface area contributed by atoms with Gasteiger partial charge in [-0.1, -0.05) is 64.8 Å². The predicted molar refractivity (Wildman–Crippen MR) is 161 cm³/mol. The third kappa shape index (κ3) is 6.30. The van der Waals surface area contributed by atoms with Crippen molar-refractivity contribution in [1.82, 2.24) is 14.9 Å². The number of carbonyl (C=O) groups is 2. The number of hydrogen-bond acceptors (Lipinski definition) is 4. The highest BCUT2D eigenvalue weighted by molar-refractivity contribution is 9.10. The molecule has 0 aliphatic carbocycles. The lowest BCUT2D eigenvalue weighted by Crippen LogP contribution is -2.44. The van der Waals surface area contributed by atoms with E-state index in [0.29, 0.717) is 39.9 Å². The number of imidazole rings is 1. The van der Waals surface area contributed by atoms with Crippen LogP contribution in [0.4, 0.5) is 11.4 Å². The van der Waals surface area contributed by atoms with E-state index in [1.165, 1.54) is 0 Å². The second-order valence-corrected chi connectivity index (χ2v) is 10.9. The van der Waals surface area contributed by atoms with Crippen molar-refractivity contribution in [2.24, 2.45) is 0 Å². The van der Waals surface area contributed by atoms with Crippen LogP contribution in [0.15, 0.2) is 83.9 Å². The van der Waals surface area contributed by atoms with E-state index in [1.54, 1.807) is 48.9 Å². The van der Waals surface area contributed by atoms with Gasteiger partial charge in [-0.05, 0) is 54.4 Å². The number of aromatic nitrogens is 2. The molecule has 5 rings (SSSR count). The minimum atomic E-state index is -1.21. The minimum absolute atomic E-state index is 0. The Morgan fingerprint density at radius 1 is 1.08 bits per heavy atom. The predicted octanol–water partition coefficient (Wildman–Crippen LogP) is 6.91. The maximum Gasteiger partial charge on any atom is 0.255 e. The molecule has 1 atom stereocenters. The summed E-state index contributed by atoms with van der Waals surface area (Å²) in [6.07, 6.45) is 6.40. The summed E-state index contributed by atoms with van der Waals surface area (Å²) in [5.41, 5.74) is 1.96. The van der Waals surface area contributed by atoms with Crippen molar-refractivity contribution in [3.05, 3.63) is 111 Å². The largest absolute Gasteiger partial charge is 0.367 e. The van der Waals surface area contributed by atoms with Gasteiger partial charge in [0, 0.05) is 63.4 Å². The van der Waals surface area contributed by atoms with Gasteiger partial charge in [0.1, 0.15) is 5.54 Å². The van der Waals surface area contributed by atoms with Crippen molar-refractivity contribution in [2.45, 2.75) is 32.4 Å². The number of carbonyl (C=O) groups excluding carboxylic acids is 2. The van der Waals surface area contributed by atoms with Crippen LogP contribution in [0, 0.1) is 0 Å². The average molecular weight is 629 g/mol. The number of aryl methyl sites for hydroxylation is 1. The summed E-state index contributed by atoms with van der Waals surface area (Å²) in [4.78, 5) is 31.0. The fourth-order valence-corrected chi connectivity index (χ4v) is 5.41. The summed E-state index contributed by atoms with van der Waals surface area (Å²) >= 11 is 16.0. The van der Waals surface area contributed by atoms with E-state index in [-0.39, 0.29) is 19.2 Å². The van der Waals surface area contributed by atoms with Crippen molar-refractivity contribution in [2.75, 3.05) is 17.2 Å². The Labute approximate surface area is 246 Å². The number of hydrogen-bond donors (Lipinski definition) is 3. The zero-order valence-corrected chi connectivity index (χ0v) is 23.3. The van der Waals surface area contributed by atoms with Crippen LogP contribution in [0.2, 0.25) is 10.0 Å². The monoisotopic (exact) mass is 627 g/mol. The summed E-state index contributed by atoms with van der Waals surface area (Å²) in [5, 5.41) is 10.5. The number of rotatable bonds is 9. The molecule has 2 amide bonds. The van der Waals surface area contributed by atoms with Gasteiger partial charge in [-0.2, -0.15) is 0 Å². The molecule has 3 aromatic carbocycles. The van der Waals surface area contributed by atoms with Gasteiger partial charge < -0.3 is 20.5 Å². The summed E-state index contributed by atoms with van der Waals surface area (Å²) in [5.74, 6) is -0.486. The SMILES string of the molecule is C.O=C(NCCCn1ccnc1)c1ccc(Br)cc1NC1(Cc2cccc(Cl)c2)C(=O)Nc2cc(Cl)ccc21. The zero-order valence-electron chi connectivity index (χ0n) is 20.2. The quantitative estimate of drug-likeness (QED) is 0.176. The number of benzene rings is 3. The molecule has 39 heavy (non-hydrogen) atoms. The fraction of sp³-hybridized carbons (Fsp3) is 0.207. The first-order chi connectivity index (χ1) is 18.3. The molecule has 0 bridgehead atoms. The molecule has 202 valence electrons. The first kappa shape index (κ1) is 28.7. The fourth-order valence-electron chi connectivity index (χ4n) is 4.67. The van der Waals surface area contributed by atoms with Gasteiger partial charge in [0.05, 0.1) is 11.9 Å².